The van der Waals surface area contributed by atoms with Crippen LogP contribution in [0.1, 0.15) is 19.8 Å². The molecule has 1 atom stereocenters. The summed E-state index contributed by atoms with van der Waals surface area (Å²) in [6, 6.07) is 5.17. The molecule has 1 aromatic carbocycles. The van der Waals surface area contributed by atoms with Crippen molar-refractivity contribution in [1.82, 2.24) is 20.2 Å². The molecular weight excluding hydrogens is 292 g/mol. The zero-order valence-corrected chi connectivity index (χ0v) is 12.4. The number of amides is 1. The van der Waals surface area contributed by atoms with Gasteiger partial charge in [-0.2, -0.15) is 0 Å². The zero-order valence-electron chi connectivity index (χ0n) is 11.7. The summed E-state index contributed by atoms with van der Waals surface area (Å²) in [7, 11) is 0. The molecule has 0 saturated carbocycles. The molecule has 2 aromatic rings. The van der Waals surface area contributed by atoms with E-state index in [1.54, 1.807) is 18.2 Å². The monoisotopic (exact) mass is 308 g/mol. The Morgan fingerprint density at radius 2 is 2.33 bits per heavy atom. The average molecular weight is 309 g/mol. The lowest BCUT2D eigenvalue weighted by atomic mass is 10.0. The van der Waals surface area contributed by atoms with Gasteiger partial charge in [-0.1, -0.05) is 24.9 Å². The van der Waals surface area contributed by atoms with E-state index in [1.165, 1.54) is 11.0 Å². The van der Waals surface area contributed by atoms with Crippen molar-refractivity contribution in [2.75, 3.05) is 11.9 Å². The Kier molecular flexibility index (Phi) is 5.24. The highest BCUT2D eigenvalue weighted by Crippen LogP contribution is 2.25. The van der Waals surface area contributed by atoms with Crippen molar-refractivity contribution in [2.45, 2.75) is 19.8 Å². The van der Waals surface area contributed by atoms with Crippen LogP contribution < -0.4 is 11.1 Å². The number of hydrogen-bond donors (Lipinski definition) is 2. The van der Waals surface area contributed by atoms with Gasteiger partial charge in [-0.25, -0.2) is 4.68 Å². The van der Waals surface area contributed by atoms with Crippen LogP contribution in [0, 0.1) is 5.92 Å². The fourth-order valence-electron chi connectivity index (χ4n) is 1.97. The number of halogens is 1. The summed E-state index contributed by atoms with van der Waals surface area (Å²) in [5.41, 5.74) is 6.86. The molecule has 3 N–H and O–H groups in total. The number of nitrogens with two attached hydrogens (primary N) is 1. The highest BCUT2D eigenvalue weighted by molar-refractivity contribution is 6.33. The summed E-state index contributed by atoms with van der Waals surface area (Å²) in [4.78, 5) is 12.2. The van der Waals surface area contributed by atoms with Crippen LogP contribution >= 0.6 is 11.6 Å². The topological polar surface area (TPSA) is 98.7 Å². The zero-order chi connectivity index (χ0) is 15.2. The van der Waals surface area contributed by atoms with Crippen LogP contribution in [0.15, 0.2) is 24.5 Å². The van der Waals surface area contributed by atoms with Crippen LogP contribution in [0.25, 0.3) is 5.69 Å². The lowest BCUT2D eigenvalue weighted by Crippen LogP contribution is -2.29. The smallest absolute Gasteiger partial charge is 0.228 e. The number of nitrogens with one attached hydrogen (secondary N) is 1. The lowest BCUT2D eigenvalue weighted by molar-refractivity contribution is -0.119. The first-order valence-corrected chi connectivity index (χ1v) is 7.07. The molecule has 1 heterocycles. The first-order valence-electron chi connectivity index (χ1n) is 6.69. The number of carbonyl (C=O) groups excluding carboxylic acids is 1. The van der Waals surface area contributed by atoms with Crippen molar-refractivity contribution in [3.05, 3.63) is 29.5 Å². The summed E-state index contributed by atoms with van der Waals surface area (Å²) in [5.74, 6) is -0.349. The van der Waals surface area contributed by atoms with Gasteiger partial charge in [0.1, 0.15) is 6.33 Å². The van der Waals surface area contributed by atoms with E-state index in [9.17, 15) is 4.79 Å². The largest absolute Gasteiger partial charge is 0.330 e. The van der Waals surface area contributed by atoms with Gasteiger partial charge in [-0.05, 0) is 35.0 Å². The van der Waals surface area contributed by atoms with Gasteiger partial charge < -0.3 is 11.1 Å². The molecule has 0 aliphatic heterocycles. The van der Waals surface area contributed by atoms with Gasteiger partial charge in [0.25, 0.3) is 0 Å². The van der Waals surface area contributed by atoms with Gasteiger partial charge in [0, 0.05) is 6.54 Å². The Morgan fingerprint density at radius 3 is 2.95 bits per heavy atom. The SMILES string of the molecule is CCCC(CN)C(=O)Nc1cc(-n2cnnn2)ccc1Cl. The van der Waals surface area contributed by atoms with Crippen molar-refractivity contribution in [1.29, 1.82) is 0 Å². The summed E-state index contributed by atoms with van der Waals surface area (Å²) >= 11 is 6.12. The maximum absolute atomic E-state index is 12.2. The molecule has 0 bridgehead atoms. The van der Waals surface area contributed by atoms with Crippen LogP contribution in [-0.2, 0) is 4.79 Å². The third-order valence-electron chi connectivity index (χ3n) is 3.11. The minimum Gasteiger partial charge on any atom is -0.330 e. The van der Waals surface area contributed by atoms with Crippen LogP contribution in [-0.4, -0.2) is 32.7 Å². The highest BCUT2D eigenvalue weighted by atomic mass is 35.5. The summed E-state index contributed by atoms with van der Waals surface area (Å²) in [5, 5.41) is 14.2. The molecule has 0 fully saturated rings. The molecule has 0 saturated heterocycles. The average Bonchev–Trinajstić information content (AvgIpc) is 3.01. The van der Waals surface area contributed by atoms with Crippen molar-refractivity contribution >= 4 is 23.2 Å². The minimum atomic E-state index is -0.220. The second kappa shape index (κ2) is 7.14. The van der Waals surface area contributed by atoms with E-state index in [0.29, 0.717) is 22.9 Å². The highest BCUT2D eigenvalue weighted by Gasteiger charge is 2.17. The Balaban J connectivity index is 2.19. The lowest BCUT2D eigenvalue weighted by Gasteiger charge is -2.15. The Bertz CT molecular complexity index is 601. The fraction of sp³-hybridized carbons (Fsp3) is 0.385. The molecule has 1 amide bonds. The van der Waals surface area contributed by atoms with Crippen LogP contribution in [0.5, 0.6) is 0 Å². The van der Waals surface area contributed by atoms with E-state index < -0.39 is 0 Å². The standard InChI is InChI=1S/C13H17ClN6O/c1-2-3-9(7-15)13(21)17-12-6-10(4-5-11(12)14)20-8-16-18-19-20/h4-6,8-9H,2-3,7,15H2,1H3,(H,17,21). The molecule has 0 spiro atoms. The maximum Gasteiger partial charge on any atom is 0.228 e. The summed E-state index contributed by atoms with van der Waals surface area (Å²) < 4.78 is 1.48. The number of hydrogen-bond acceptors (Lipinski definition) is 5. The first kappa shape index (κ1) is 15.4. The molecule has 0 aliphatic rings. The van der Waals surface area contributed by atoms with Crippen molar-refractivity contribution < 1.29 is 4.79 Å². The first-order chi connectivity index (χ1) is 10.2. The normalized spacial score (nSPS) is 12.1. The fourth-order valence-corrected chi connectivity index (χ4v) is 2.14. The van der Waals surface area contributed by atoms with E-state index in [2.05, 4.69) is 20.8 Å². The molecular formula is C13H17ClN6O. The van der Waals surface area contributed by atoms with Gasteiger partial charge in [0.15, 0.2) is 0 Å². The van der Waals surface area contributed by atoms with Gasteiger partial charge in [-0.3, -0.25) is 4.79 Å². The molecule has 21 heavy (non-hydrogen) atoms. The predicted octanol–water partition coefficient (Wildman–Crippen LogP) is 1.63. The van der Waals surface area contributed by atoms with Crippen molar-refractivity contribution in [2.24, 2.45) is 11.7 Å². The number of aromatic nitrogens is 4. The molecule has 0 radical (unpaired) electrons. The van der Waals surface area contributed by atoms with Crippen LogP contribution in [0.4, 0.5) is 5.69 Å². The number of nitrogens with zero attached hydrogens (tertiary/aromatic N) is 4. The Morgan fingerprint density at radius 1 is 1.52 bits per heavy atom. The molecule has 2 rings (SSSR count). The van der Waals surface area contributed by atoms with Gasteiger partial charge in [0.2, 0.25) is 5.91 Å². The Labute approximate surface area is 127 Å². The number of anilines is 1. The quantitative estimate of drug-likeness (QED) is 0.845. The molecule has 1 aromatic heterocycles. The Hall–Kier alpha value is -1.99. The van der Waals surface area contributed by atoms with E-state index in [-0.39, 0.29) is 11.8 Å². The van der Waals surface area contributed by atoms with Crippen molar-refractivity contribution in [3.63, 3.8) is 0 Å². The predicted molar refractivity (Wildman–Crippen MR) is 80.2 cm³/mol. The minimum absolute atomic E-state index is 0.130. The molecule has 7 nitrogen and oxygen atoms in total. The number of tetrazole rings is 1. The van der Waals surface area contributed by atoms with Crippen molar-refractivity contribution in [3.8, 4) is 5.69 Å². The van der Waals surface area contributed by atoms with E-state index >= 15 is 0 Å². The summed E-state index contributed by atoms with van der Waals surface area (Å²) in [6.45, 7) is 2.32. The molecule has 8 heteroatoms. The van der Waals surface area contributed by atoms with Gasteiger partial charge in [-0.15, -0.1) is 5.10 Å². The maximum atomic E-state index is 12.2. The summed E-state index contributed by atoms with van der Waals surface area (Å²) in [6.07, 6.45) is 3.11. The second-order valence-electron chi connectivity index (χ2n) is 4.63. The second-order valence-corrected chi connectivity index (χ2v) is 5.04. The molecule has 0 aliphatic carbocycles. The molecule has 112 valence electrons. The number of benzene rings is 1. The molecule has 1 unspecified atom stereocenters. The van der Waals surface area contributed by atoms with Crippen LogP contribution in [0.3, 0.4) is 0 Å². The third kappa shape index (κ3) is 3.77. The number of rotatable bonds is 6. The van der Waals surface area contributed by atoms with E-state index in [1.807, 2.05) is 6.92 Å². The van der Waals surface area contributed by atoms with E-state index in [0.717, 1.165) is 12.8 Å². The van der Waals surface area contributed by atoms with Gasteiger partial charge >= 0.3 is 0 Å². The van der Waals surface area contributed by atoms with Crippen LogP contribution in [0.2, 0.25) is 5.02 Å². The van der Waals surface area contributed by atoms with Gasteiger partial charge in [0.05, 0.1) is 22.3 Å². The number of carbonyl (C=O) groups is 1. The van der Waals surface area contributed by atoms with E-state index in [4.69, 9.17) is 17.3 Å². The third-order valence-corrected chi connectivity index (χ3v) is 3.44.